The van der Waals surface area contributed by atoms with E-state index in [1.165, 1.54) is 29.5 Å². The smallest absolute Gasteiger partial charge is 0.171 e. The van der Waals surface area contributed by atoms with Crippen molar-refractivity contribution in [3.05, 3.63) is 65.5 Å². The summed E-state index contributed by atoms with van der Waals surface area (Å²) in [5, 5.41) is 0. The third-order valence-corrected chi connectivity index (χ3v) is 4.70. The molecule has 0 saturated heterocycles. The molecule has 120 valence electrons. The lowest BCUT2D eigenvalue weighted by atomic mass is 10.0. The second kappa shape index (κ2) is 6.08. The molecular formula is C21H20N2O. The molecule has 3 heteroatoms. The van der Waals surface area contributed by atoms with E-state index < -0.39 is 0 Å². The molecule has 0 bridgehead atoms. The Morgan fingerprint density at radius 3 is 2.25 bits per heavy atom. The quantitative estimate of drug-likeness (QED) is 0.707. The topological polar surface area (TPSA) is 35.0 Å². The first-order valence-corrected chi connectivity index (χ1v) is 8.34. The number of ether oxygens (including phenoxy) is 1. The summed E-state index contributed by atoms with van der Waals surface area (Å²) >= 11 is 0. The molecule has 1 aliphatic rings. The standard InChI is InChI=1S/C21H20N2O/c1-14-6-8-16(9-7-14)19-21(24-2)20(23-13-22-19)18-11-10-15-4-3-5-17(15)12-18/h6-13H,3-5H2,1-2H3. The molecule has 0 radical (unpaired) electrons. The average Bonchev–Trinajstić information content (AvgIpc) is 3.09. The van der Waals surface area contributed by atoms with Crippen LogP contribution in [0.25, 0.3) is 22.5 Å². The van der Waals surface area contributed by atoms with Gasteiger partial charge in [0.05, 0.1) is 7.11 Å². The summed E-state index contributed by atoms with van der Waals surface area (Å²) in [6, 6.07) is 15.0. The van der Waals surface area contributed by atoms with Gasteiger partial charge in [0.15, 0.2) is 5.75 Å². The lowest BCUT2D eigenvalue weighted by molar-refractivity contribution is 0.414. The highest BCUT2D eigenvalue weighted by molar-refractivity contribution is 5.77. The summed E-state index contributed by atoms with van der Waals surface area (Å²) in [5.74, 6) is 0.735. The lowest BCUT2D eigenvalue weighted by Gasteiger charge is -2.13. The Bertz CT molecular complexity index is 885. The van der Waals surface area contributed by atoms with Crippen molar-refractivity contribution in [1.29, 1.82) is 0 Å². The predicted octanol–water partition coefficient (Wildman–Crippen LogP) is 4.62. The van der Waals surface area contributed by atoms with Crippen LogP contribution in [0.5, 0.6) is 5.75 Å². The molecule has 0 saturated carbocycles. The van der Waals surface area contributed by atoms with E-state index in [1.54, 1.807) is 13.4 Å². The Kier molecular flexibility index (Phi) is 3.77. The minimum absolute atomic E-state index is 0.735. The van der Waals surface area contributed by atoms with Gasteiger partial charge in [-0.3, -0.25) is 0 Å². The molecule has 1 aromatic heterocycles. The Morgan fingerprint density at radius 2 is 1.50 bits per heavy atom. The average molecular weight is 316 g/mol. The highest BCUT2D eigenvalue weighted by Gasteiger charge is 2.18. The monoisotopic (exact) mass is 316 g/mol. The molecule has 3 nitrogen and oxygen atoms in total. The molecule has 1 heterocycles. The van der Waals surface area contributed by atoms with Crippen molar-refractivity contribution >= 4 is 0 Å². The fourth-order valence-electron chi connectivity index (χ4n) is 3.41. The van der Waals surface area contributed by atoms with Crippen LogP contribution >= 0.6 is 0 Å². The van der Waals surface area contributed by atoms with Gasteiger partial charge in [-0.25, -0.2) is 9.97 Å². The summed E-state index contributed by atoms with van der Waals surface area (Å²) in [6.45, 7) is 2.08. The second-order valence-electron chi connectivity index (χ2n) is 6.31. The highest BCUT2D eigenvalue weighted by atomic mass is 16.5. The van der Waals surface area contributed by atoms with Crippen molar-refractivity contribution in [3.8, 4) is 28.3 Å². The maximum absolute atomic E-state index is 5.71. The van der Waals surface area contributed by atoms with Gasteiger partial charge < -0.3 is 4.74 Å². The Balaban J connectivity index is 1.84. The Labute approximate surface area is 142 Å². The van der Waals surface area contributed by atoms with Gasteiger partial charge >= 0.3 is 0 Å². The van der Waals surface area contributed by atoms with Crippen molar-refractivity contribution in [2.75, 3.05) is 7.11 Å². The van der Waals surface area contributed by atoms with E-state index >= 15 is 0 Å². The first-order valence-electron chi connectivity index (χ1n) is 8.34. The van der Waals surface area contributed by atoms with Gasteiger partial charge in [-0.15, -0.1) is 0 Å². The number of rotatable bonds is 3. The fraction of sp³-hybridized carbons (Fsp3) is 0.238. The van der Waals surface area contributed by atoms with Crippen LogP contribution in [0.15, 0.2) is 48.8 Å². The fourth-order valence-corrected chi connectivity index (χ4v) is 3.41. The van der Waals surface area contributed by atoms with Gasteiger partial charge in [-0.1, -0.05) is 42.0 Å². The van der Waals surface area contributed by atoms with Gasteiger partial charge in [0.25, 0.3) is 0 Å². The third kappa shape index (κ3) is 2.56. The second-order valence-corrected chi connectivity index (χ2v) is 6.31. The van der Waals surface area contributed by atoms with Crippen LogP contribution in [-0.2, 0) is 12.8 Å². The van der Waals surface area contributed by atoms with Crippen LogP contribution in [0, 0.1) is 6.92 Å². The number of nitrogens with zero attached hydrogens (tertiary/aromatic N) is 2. The largest absolute Gasteiger partial charge is 0.492 e. The van der Waals surface area contributed by atoms with E-state index in [1.807, 2.05) is 0 Å². The molecule has 0 spiro atoms. The highest BCUT2D eigenvalue weighted by Crippen LogP contribution is 2.37. The van der Waals surface area contributed by atoms with Gasteiger partial charge in [-0.2, -0.15) is 0 Å². The Morgan fingerprint density at radius 1 is 0.833 bits per heavy atom. The van der Waals surface area contributed by atoms with Gasteiger partial charge in [0.1, 0.15) is 17.7 Å². The molecule has 0 aliphatic heterocycles. The zero-order chi connectivity index (χ0) is 16.5. The van der Waals surface area contributed by atoms with E-state index in [0.29, 0.717) is 0 Å². The molecule has 0 fully saturated rings. The number of hydrogen-bond acceptors (Lipinski definition) is 3. The van der Waals surface area contributed by atoms with E-state index in [-0.39, 0.29) is 0 Å². The summed E-state index contributed by atoms with van der Waals surface area (Å²) in [7, 11) is 1.69. The Hall–Kier alpha value is -2.68. The van der Waals surface area contributed by atoms with E-state index in [2.05, 4.69) is 59.4 Å². The van der Waals surface area contributed by atoms with Crippen LogP contribution in [0.1, 0.15) is 23.1 Å². The lowest BCUT2D eigenvalue weighted by Crippen LogP contribution is -1.98. The first-order chi connectivity index (χ1) is 11.8. The number of aryl methyl sites for hydroxylation is 3. The van der Waals surface area contributed by atoms with Crippen LogP contribution in [0.3, 0.4) is 0 Å². The van der Waals surface area contributed by atoms with E-state index in [4.69, 9.17) is 4.74 Å². The van der Waals surface area contributed by atoms with Gasteiger partial charge in [0, 0.05) is 11.1 Å². The van der Waals surface area contributed by atoms with E-state index in [0.717, 1.165) is 34.7 Å². The molecule has 2 aromatic carbocycles. The summed E-state index contributed by atoms with van der Waals surface area (Å²) in [5.41, 5.74) is 7.97. The number of methoxy groups -OCH3 is 1. The first kappa shape index (κ1) is 14.9. The summed E-state index contributed by atoms with van der Waals surface area (Å²) in [6.07, 6.45) is 5.21. The van der Waals surface area contributed by atoms with Crippen LogP contribution < -0.4 is 4.74 Å². The molecule has 0 N–H and O–H groups in total. The number of hydrogen-bond donors (Lipinski definition) is 0. The molecule has 0 amide bonds. The van der Waals surface area contributed by atoms with Gasteiger partial charge in [-0.05, 0) is 43.4 Å². The molecule has 0 atom stereocenters. The SMILES string of the molecule is COc1c(-c2ccc(C)cc2)ncnc1-c1ccc2c(c1)CCC2. The molecule has 0 unspecified atom stereocenters. The van der Waals surface area contributed by atoms with E-state index in [9.17, 15) is 0 Å². The molecule has 1 aliphatic carbocycles. The van der Waals surface area contributed by atoms with Crippen LogP contribution in [-0.4, -0.2) is 17.1 Å². The predicted molar refractivity (Wildman–Crippen MR) is 96.2 cm³/mol. The normalized spacial score (nSPS) is 12.9. The van der Waals surface area contributed by atoms with Crippen molar-refractivity contribution in [3.63, 3.8) is 0 Å². The van der Waals surface area contributed by atoms with Crippen molar-refractivity contribution < 1.29 is 4.74 Å². The third-order valence-electron chi connectivity index (χ3n) is 4.70. The molecule has 4 rings (SSSR count). The van der Waals surface area contributed by atoms with Crippen molar-refractivity contribution in [2.24, 2.45) is 0 Å². The minimum Gasteiger partial charge on any atom is -0.492 e. The van der Waals surface area contributed by atoms with Crippen LogP contribution in [0.2, 0.25) is 0 Å². The number of aromatic nitrogens is 2. The van der Waals surface area contributed by atoms with Crippen molar-refractivity contribution in [2.45, 2.75) is 26.2 Å². The summed E-state index contributed by atoms with van der Waals surface area (Å²) in [4.78, 5) is 8.98. The van der Waals surface area contributed by atoms with Crippen LogP contribution in [0.4, 0.5) is 0 Å². The summed E-state index contributed by atoms with van der Waals surface area (Å²) < 4.78 is 5.71. The zero-order valence-electron chi connectivity index (χ0n) is 14.0. The molecule has 3 aromatic rings. The zero-order valence-corrected chi connectivity index (χ0v) is 14.0. The molecule has 24 heavy (non-hydrogen) atoms. The maximum atomic E-state index is 5.71. The van der Waals surface area contributed by atoms with Crippen molar-refractivity contribution in [1.82, 2.24) is 9.97 Å². The van der Waals surface area contributed by atoms with Gasteiger partial charge in [0.2, 0.25) is 0 Å². The molecular weight excluding hydrogens is 296 g/mol. The maximum Gasteiger partial charge on any atom is 0.171 e. The number of fused-ring (bicyclic) bond motifs is 1. The number of benzene rings is 2. The minimum atomic E-state index is 0.735.